The summed E-state index contributed by atoms with van der Waals surface area (Å²) in [5.74, 6) is -1.21. The summed E-state index contributed by atoms with van der Waals surface area (Å²) in [6.45, 7) is 0. The van der Waals surface area contributed by atoms with Crippen LogP contribution in [0.25, 0.3) is 0 Å². The predicted octanol–water partition coefficient (Wildman–Crippen LogP) is 1.80. The lowest BCUT2D eigenvalue weighted by Crippen LogP contribution is -2.30. The molecule has 0 heterocycles. The number of anilines is 1. The Hall–Kier alpha value is -2.09. The highest BCUT2D eigenvalue weighted by Gasteiger charge is 2.37. The Morgan fingerprint density at radius 2 is 2.00 bits per heavy atom. The zero-order valence-electron chi connectivity index (χ0n) is 9.03. The molecule has 0 bridgehead atoms. The van der Waals surface area contributed by atoms with E-state index in [2.05, 4.69) is 4.99 Å². The molecule has 5 nitrogen and oxygen atoms in total. The average molecular weight is 261 g/mol. The number of benzene rings is 1. The van der Waals surface area contributed by atoms with Gasteiger partial charge in [-0.3, -0.25) is 10.0 Å². The molecule has 8 heteroatoms. The second kappa shape index (κ2) is 5.50. The monoisotopic (exact) mass is 261 g/mol. The van der Waals surface area contributed by atoms with Crippen molar-refractivity contribution >= 4 is 23.0 Å². The number of para-hydroxylation sites is 2. The Labute approximate surface area is 100 Å². The van der Waals surface area contributed by atoms with E-state index in [0.29, 0.717) is 0 Å². The van der Waals surface area contributed by atoms with Crippen molar-refractivity contribution in [2.75, 3.05) is 5.73 Å². The van der Waals surface area contributed by atoms with Crippen molar-refractivity contribution in [3.8, 4) is 0 Å². The molecule has 0 atom stereocenters. The smallest absolute Gasteiger partial charge is 0.397 e. The Morgan fingerprint density at radius 3 is 2.50 bits per heavy atom. The second-order valence-corrected chi connectivity index (χ2v) is 3.33. The molecule has 0 saturated carbocycles. The molecule has 98 valence electrons. The fourth-order valence-electron chi connectivity index (χ4n) is 1.13. The van der Waals surface area contributed by atoms with Crippen molar-refractivity contribution in [1.82, 2.24) is 5.48 Å². The highest BCUT2D eigenvalue weighted by atomic mass is 19.4. The van der Waals surface area contributed by atoms with Gasteiger partial charge in [0.1, 0.15) is 5.71 Å². The van der Waals surface area contributed by atoms with Crippen LogP contribution in [0.3, 0.4) is 0 Å². The maximum atomic E-state index is 12.6. The first-order valence-electron chi connectivity index (χ1n) is 4.77. The van der Waals surface area contributed by atoms with E-state index in [1.807, 2.05) is 0 Å². The molecule has 1 rings (SSSR count). The van der Waals surface area contributed by atoms with E-state index in [0.717, 1.165) is 5.48 Å². The summed E-state index contributed by atoms with van der Waals surface area (Å²) in [6.07, 6.45) is -5.87. The highest BCUT2D eigenvalue weighted by Crippen LogP contribution is 2.26. The number of carbonyl (C=O) groups excluding carboxylic acids is 1. The number of nitrogens with one attached hydrogen (secondary N) is 1. The third kappa shape index (κ3) is 3.74. The molecular formula is C10H10F3N3O2. The van der Waals surface area contributed by atoms with Crippen LogP contribution in [0.5, 0.6) is 0 Å². The molecule has 0 aliphatic heterocycles. The second-order valence-electron chi connectivity index (χ2n) is 3.33. The van der Waals surface area contributed by atoms with Crippen LogP contribution < -0.4 is 11.2 Å². The van der Waals surface area contributed by atoms with E-state index in [1.54, 1.807) is 6.07 Å². The van der Waals surface area contributed by atoms with Gasteiger partial charge < -0.3 is 5.73 Å². The van der Waals surface area contributed by atoms with Crippen molar-refractivity contribution in [3.63, 3.8) is 0 Å². The Bertz CT molecular complexity index is 472. The number of nitrogen functional groups attached to an aromatic ring is 1. The summed E-state index contributed by atoms with van der Waals surface area (Å²) in [7, 11) is 0. The summed E-state index contributed by atoms with van der Waals surface area (Å²) in [5.41, 5.74) is 5.20. The van der Waals surface area contributed by atoms with Crippen LogP contribution in [0.4, 0.5) is 24.5 Å². The van der Waals surface area contributed by atoms with Gasteiger partial charge in [-0.1, -0.05) is 12.1 Å². The van der Waals surface area contributed by atoms with Gasteiger partial charge in [-0.15, -0.1) is 0 Å². The Balaban J connectivity index is 3.11. The normalized spacial score (nSPS) is 12.3. The van der Waals surface area contributed by atoms with E-state index >= 15 is 0 Å². The molecule has 0 fully saturated rings. The first-order chi connectivity index (χ1) is 8.34. The van der Waals surface area contributed by atoms with E-state index in [4.69, 9.17) is 10.9 Å². The van der Waals surface area contributed by atoms with Crippen LogP contribution in [0.15, 0.2) is 29.3 Å². The lowest BCUT2D eigenvalue weighted by atomic mass is 10.2. The number of hydrogen-bond donors (Lipinski definition) is 3. The van der Waals surface area contributed by atoms with Crippen molar-refractivity contribution in [2.24, 2.45) is 4.99 Å². The summed E-state index contributed by atoms with van der Waals surface area (Å²) in [6, 6.07) is 5.69. The zero-order chi connectivity index (χ0) is 13.8. The van der Waals surface area contributed by atoms with Gasteiger partial charge in [-0.05, 0) is 12.1 Å². The Kier molecular flexibility index (Phi) is 4.27. The van der Waals surface area contributed by atoms with Crippen molar-refractivity contribution in [3.05, 3.63) is 24.3 Å². The Morgan fingerprint density at radius 1 is 1.39 bits per heavy atom. The van der Waals surface area contributed by atoms with Gasteiger partial charge in [-0.25, -0.2) is 10.5 Å². The molecule has 1 amide bonds. The molecule has 0 unspecified atom stereocenters. The number of nitrogens with zero attached hydrogens (tertiary/aromatic N) is 1. The number of amides is 1. The molecule has 4 N–H and O–H groups in total. The molecule has 0 aliphatic rings. The topological polar surface area (TPSA) is 87.7 Å². The van der Waals surface area contributed by atoms with E-state index < -0.39 is 24.2 Å². The highest BCUT2D eigenvalue weighted by molar-refractivity contribution is 6.05. The van der Waals surface area contributed by atoms with Gasteiger partial charge in [-0.2, -0.15) is 13.2 Å². The van der Waals surface area contributed by atoms with Gasteiger partial charge in [0.25, 0.3) is 0 Å². The summed E-state index contributed by atoms with van der Waals surface area (Å²) < 4.78 is 37.8. The van der Waals surface area contributed by atoms with Crippen LogP contribution >= 0.6 is 0 Å². The van der Waals surface area contributed by atoms with Crippen LogP contribution in [0, 0.1) is 0 Å². The molecule has 1 aromatic rings. The molecule has 1 aromatic carbocycles. The van der Waals surface area contributed by atoms with Gasteiger partial charge in [0.05, 0.1) is 17.8 Å². The molecule has 0 aliphatic carbocycles. The van der Waals surface area contributed by atoms with Gasteiger partial charge in [0.2, 0.25) is 5.91 Å². The maximum Gasteiger partial charge on any atom is 0.430 e. The number of hydrogen-bond acceptors (Lipinski definition) is 4. The molecule has 18 heavy (non-hydrogen) atoms. The minimum absolute atomic E-state index is 0.0589. The van der Waals surface area contributed by atoms with E-state index in [1.165, 1.54) is 18.2 Å². The van der Waals surface area contributed by atoms with Gasteiger partial charge in [0, 0.05) is 0 Å². The third-order valence-corrected chi connectivity index (χ3v) is 1.97. The molecule has 0 saturated heterocycles. The molecule has 0 aromatic heterocycles. The number of rotatable bonds is 3. The molecule has 0 radical (unpaired) electrons. The van der Waals surface area contributed by atoms with E-state index in [9.17, 15) is 18.0 Å². The van der Waals surface area contributed by atoms with Gasteiger partial charge >= 0.3 is 6.18 Å². The maximum absolute atomic E-state index is 12.6. The van der Waals surface area contributed by atoms with Gasteiger partial charge in [0.15, 0.2) is 0 Å². The third-order valence-electron chi connectivity index (χ3n) is 1.97. The van der Waals surface area contributed by atoms with Crippen molar-refractivity contribution in [1.29, 1.82) is 0 Å². The standard InChI is InChI=1S/C10H10F3N3O2/c11-10(12,13)8(5-9(17)16-18)15-7-4-2-1-3-6(7)14/h1-4,18H,5,14H2,(H,16,17). The number of carbonyl (C=O) groups is 1. The predicted molar refractivity (Wildman–Crippen MR) is 58.6 cm³/mol. The minimum Gasteiger partial charge on any atom is -0.397 e. The lowest BCUT2D eigenvalue weighted by molar-refractivity contribution is -0.128. The minimum atomic E-state index is -4.78. The van der Waals surface area contributed by atoms with E-state index in [-0.39, 0.29) is 11.4 Å². The first kappa shape index (κ1) is 14.0. The number of halogens is 3. The average Bonchev–Trinajstić information content (AvgIpc) is 2.29. The van der Waals surface area contributed by atoms with Crippen molar-refractivity contribution in [2.45, 2.75) is 12.6 Å². The van der Waals surface area contributed by atoms with Crippen LogP contribution in [-0.2, 0) is 4.79 Å². The fourth-order valence-corrected chi connectivity index (χ4v) is 1.13. The zero-order valence-corrected chi connectivity index (χ0v) is 9.03. The summed E-state index contributed by atoms with van der Waals surface area (Å²) >= 11 is 0. The largest absolute Gasteiger partial charge is 0.430 e. The number of alkyl halides is 3. The number of aliphatic imine (C=N–C) groups is 1. The first-order valence-corrected chi connectivity index (χ1v) is 4.77. The molecule has 0 spiro atoms. The summed E-state index contributed by atoms with van der Waals surface area (Å²) in [5, 5.41) is 8.22. The number of nitrogens with two attached hydrogens (primary N) is 1. The summed E-state index contributed by atoms with van der Waals surface area (Å²) in [4.78, 5) is 14.1. The quantitative estimate of drug-likeness (QED) is 0.335. The fraction of sp³-hybridized carbons (Fsp3) is 0.200. The van der Waals surface area contributed by atoms with Crippen LogP contribution in [0.1, 0.15) is 6.42 Å². The van der Waals surface area contributed by atoms with Crippen LogP contribution in [-0.4, -0.2) is 23.0 Å². The molecular weight excluding hydrogens is 251 g/mol. The van der Waals surface area contributed by atoms with Crippen molar-refractivity contribution < 1.29 is 23.2 Å². The lowest BCUT2D eigenvalue weighted by Gasteiger charge is -2.10. The SMILES string of the molecule is Nc1ccccc1N=C(CC(=O)NO)C(F)(F)F. The van der Waals surface area contributed by atoms with Crippen LogP contribution in [0.2, 0.25) is 0 Å². The number of hydroxylamine groups is 1.